The number of aliphatic hydroxyl groups is 2. The van der Waals surface area contributed by atoms with Gasteiger partial charge in [0.2, 0.25) is 5.91 Å². The number of nitriles is 1. The summed E-state index contributed by atoms with van der Waals surface area (Å²) in [6, 6.07) is 8.54. The Kier molecular flexibility index (Phi) is 5.31. The molecule has 2 unspecified atom stereocenters. The molecule has 0 fully saturated rings. The minimum absolute atomic E-state index is 0.186. The molecule has 96 valence electrons. The molecule has 0 aliphatic rings. The fourth-order valence-corrected chi connectivity index (χ4v) is 1.62. The van der Waals surface area contributed by atoms with Crippen molar-refractivity contribution in [3.8, 4) is 6.07 Å². The van der Waals surface area contributed by atoms with E-state index in [1.807, 2.05) is 6.07 Å². The number of nitrogens with zero attached hydrogens (tertiary/aromatic N) is 1. The van der Waals surface area contributed by atoms with E-state index < -0.39 is 12.2 Å². The second-order valence-corrected chi connectivity index (χ2v) is 3.98. The Morgan fingerprint density at radius 3 is 2.72 bits per heavy atom. The van der Waals surface area contributed by atoms with Crippen molar-refractivity contribution >= 4 is 5.91 Å². The number of aliphatic hydroxyl groups excluding tert-OH is 2. The fraction of sp³-hybridized carbons (Fsp3) is 0.385. The number of nitrogens with one attached hydrogen (secondary N) is 1. The Hall–Kier alpha value is -1.90. The van der Waals surface area contributed by atoms with Gasteiger partial charge in [-0.05, 0) is 12.5 Å². The summed E-state index contributed by atoms with van der Waals surface area (Å²) in [4.78, 5) is 10.7. The second-order valence-electron chi connectivity index (χ2n) is 3.98. The molecule has 1 aromatic carbocycles. The third-order valence-corrected chi connectivity index (χ3v) is 2.58. The lowest BCUT2D eigenvalue weighted by Gasteiger charge is -2.19. The van der Waals surface area contributed by atoms with Crippen LogP contribution in [-0.2, 0) is 4.79 Å². The van der Waals surface area contributed by atoms with Crippen LogP contribution in [0.5, 0.6) is 0 Å². The van der Waals surface area contributed by atoms with Crippen molar-refractivity contribution in [3.63, 3.8) is 0 Å². The maximum atomic E-state index is 10.7. The molecule has 5 nitrogen and oxygen atoms in total. The topological polar surface area (TPSA) is 93.3 Å². The number of hydrogen-bond donors (Lipinski definition) is 3. The molecule has 0 aliphatic carbocycles. The first-order valence-electron chi connectivity index (χ1n) is 5.66. The Morgan fingerprint density at radius 1 is 1.44 bits per heavy atom. The monoisotopic (exact) mass is 248 g/mol. The number of carbonyl (C=O) groups excluding carboxylic acids is 1. The zero-order valence-corrected chi connectivity index (χ0v) is 10.1. The van der Waals surface area contributed by atoms with Gasteiger partial charge >= 0.3 is 0 Å². The molecule has 0 spiro atoms. The first-order chi connectivity index (χ1) is 8.56. The standard InChI is InChI=1S/C13H16N2O3/c1-9(16)15-7-6-12(17)13(18)11-5-3-2-4-10(11)8-14/h2-5,12-13,17-18H,6-7H2,1H3,(H,15,16). The van der Waals surface area contributed by atoms with E-state index in [9.17, 15) is 15.0 Å². The summed E-state index contributed by atoms with van der Waals surface area (Å²) in [7, 11) is 0. The number of amides is 1. The number of carbonyl (C=O) groups is 1. The third kappa shape index (κ3) is 3.84. The lowest BCUT2D eigenvalue weighted by atomic mass is 9.98. The van der Waals surface area contributed by atoms with Gasteiger partial charge in [-0.3, -0.25) is 4.79 Å². The van der Waals surface area contributed by atoms with Gasteiger partial charge in [-0.25, -0.2) is 0 Å². The molecule has 1 aromatic rings. The van der Waals surface area contributed by atoms with Crippen LogP contribution in [-0.4, -0.2) is 28.8 Å². The zero-order chi connectivity index (χ0) is 13.5. The molecule has 1 rings (SSSR count). The van der Waals surface area contributed by atoms with Crippen LogP contribution in [0.4, 0.5) is 0 Å². The van der Waals surface area contributed by atoms with Crippen LogP contribution in [0.3, 0.4) is 0 Å². The van der Waals surface area contributed by atoms with E-state index in [2.05, 4.69) is 5.32 Å². The van der Waals surface area contributed by atoms with Crippen molar-refractivity contribution in [1.29, 1.82) is 5.26 Å². The van der Waals surface area contributed by atoms with E-state index >= 15 is 0 Å². The van der Waals surface area contributed by atoms with Crippen LogP contribution in [0.1, 0.15) is 30.6 Å². The first kappa shape index (κ1) is 14.2. The summed E-state index contributed by atoms with van der Waals surface area (Å²) in [6.07, 6.45) is -1.93. The summed E-state index contributed by atoms with van der Waals surface area (Å²) in [5.41, 5.74) is 0.735. The summed E-state index contributed by atoms with van der Waals surface area (Å²) < 4.78 is 0. The lowest BCUT2D eigenvalue weighted by Crippen LogP contribution is -2.27. The maximum absolute atomic E-state index is 10.7. The highest BCUT2D eigenvalue weighted by Gasteiger charge is 2.20. The highest BCUT2D eigenvalue weighted by Crippen LogP contribution is 2.21. The number of hydrogen-bond acceptors (Lipinski definition) is 4. The molecule has 0 saturated carbocycles. The molecule has 2 atom stereocenters. The van der Waals surface area contributed by atoms with Crippen molar-refractivity contribution in [2.24, 2.45) is 0 Å². The van der Waals surface area contributed by atoms with Crippen LogP contribution in [0.25, 0.3) is 0 Å². The number of benzene rings is 1. The largest absolute Gasteiger partial charge is 0.390 e. The van der Waals surface area contributed by atoms with E-state index in [4.69, 9.17) is 5.26 Å². The smallest absolute Gasteiger partial charge is 0.216 e. The van der Waals surface area contributed by atoms with Crippen LogP contribution < -0.4 is 5.32 Å². The average molecular weight is 248 g/mol. The van der Waals surface area contributed by atoms with Gasteiger partial charge < -0.3 is 15.5 Å². The molecule has 5 heteroatoms. The summed E-state index contributed by atoms with van der Waals surface area (Å²) in [6.45, 7) is 1.66. The predicted octanol–water partition coefficient (Wildman–Crippen LogP) is 0.479. The van der Waals surface area contributed by atoms with Gasteiger partial charge in [-0.1, -0.05) is 18.2 Å². The third-order valence-electron chi connectivity index (χ3n) is 2.58. The van der Waals surface area contributed by atoms with Gasteiger partial charge in [0.1, 0.15) is 6.10 Å². The summed E-state index contributed by atoms with van der Waals surface area (Å²) in [5, 5.41) is 31.2. The minimum atomic E-state index is -1.13. The van der Waals surface area contributed by atoms with Gasteiger partial charge in [0.05, 0.1) is 17.7 Å². The van der Waals surface area contributed by atoms with Crippen molar-refractivity contribution in [3.05, 3.63) is 35.4 Å². The molecular weight excluding hydrogens is 232 g/mol. The Morgan fingerprint density at radius 2 is 2.11 bits per heavy atom. The molecule has 0 aromatic heterocycles. The van der Waals surface area contributed by atoms with Gasteiger partial charge in [-0.2, -0.15) is 5.26 Å². The minimum Gasteiger partial charge on any atom is -0.390 e. The van der Waals surface area contributed by atoms with Crippen molar-refractivity contribution in [1.82, 2.24) is 5.32 Å². The molecule has 18 heavy (non-hydrogen) atoms. The molecular formula is C13H16N2O3. The van der Waals surface area contributed by atoms with E-state index in [1.165, 1.54) is 6.92 Å². The second kappa shape index (κ2) is 6.74. The van der Waals surface area contributed by atoms with Crippen molar-refractivity contribution < 1.29 is 15.0 Å². The molecule has 0 radical (unpaired) electrons. The van der Waals surface area contributed by atoms with Crippen molar-refractivity contribution in [2.75, 3.05) is 6.54 Å². The maximum Gasteiger partial charge on any atom is 0.216 e. The van der Waals surface area contributed by atoms with Gasteiger partial charge in [-0.15, -0.1) is 0 Å². The molecule has 0 heterocycles. The predicted molar refractivity (Wildman–Crippen MR) is 65.4 cm³/mol. The Balaban J connectivity index is 2.65. The number of rotatable bonds is 5. The quantitative estimate of drug-likeness (QED) is 0.706. The van der Waals surface area contributed by atoms with Gasteiger partial charge in [0.15, 0.2) is 0 Å². The molecule has 0 bridgehead atoms. The van der Waals surface area contributed by atoms with Crippen LogP contribution >= 0.6 is 0 Å². The Labute approximate surface area is 106 Å². The first-order valence-corrected chi connectivity index (χ1v) is 5.66. The summed E-state index contributed by atoms with van der Waals surface area (Å²) >= 11 is 0. The van der Waals surface area contributed by atoms with E-state index in [0.29, 0.717) is 11.1 Å². The average Bonchev–Trinajstić information content (AvgIpc) is 2.37. The molecule has 0 saturated heterocycles. The lowest BCUT2D eigenvalue weighted by molar-refractivity contribution is -0.119. The highest BCUT2D eigenvalue weighted by molar-refractivity contribution is 5.72. The van der Waals surface area contributed by atoms with Crippen LogP contribution in [0, 0.1) is 11.3 Å². The van der Waals surface area contributed by atoms with Crippen molar-refractivity contribution in [2.45, 2.75) is 25.6 Å². The van der Waals surface area contributed by atoms with Gasteiger partial charge in [0.25, 0.3) is 0 Å². The fourth-order valence-electron chi connectivity index (χ4n) is 1.62. The van der Waals surface area contributed by atoms with E-state index in [1.54, 1.807) is 24.3 Å². The molecule has 1 amide bonds. The van der Waals surface area contributed by atoms with E-state index in [0.717, 1.165) is 0 Å². The zero-order valence-electron chi connectivity index (χ0n) is 10.1. The normalized spacial score (nSPS) is 13.4. The van der Waals surface area contributed by atoms with E-state index in [-0.39, 0.29) is 18.9 Å². The summed E-state index contributed by atoms with van der Waals surface area (Å²) in [5.74, 6) is -0.186. The highest BCUT2D eigenvalue weighted by atomic mass is 16.3. The Bertz CT molecular complexity index is 454. The molecule has 3 N–H and O–H groups in total. The van der Waals surface area contributed by atoms with Gasteiger partial charge in [0, 0.05) is 19.0 Å². The van der Waals surface area contributed by atoms with Crippen LogP contribution in [0.2, 0.25) is 0 Å². The SMILES string of the molecule is CC(=O)NCCC(O)C(O)c1ccccc1C#N. The molecule has 0 aliphatic heterocycles. The van der Waals surface area contributed by atoms with Crippen LogP contribution in [0.15, 0.2) is 24.3 Å².